The van der Waals surface area contributed by atoms with Crippen LogP contribution in [-0.4, -0.2) is 32.0 Å². The van der Waals surface area contributed by atoms with Gasteiger partial charge in [-0.3, -0.25) is 0 Å². The molecule has 2 unspecified atom stereocenters. The van der Waals surface area contributed by atoms with E-state index in [0.717, 1.165) is 18.7 Å². The van der Waals surface area contributed by atoms with Crippen molar-refractivity contribution in [2.75, 3.05) is 0 Å². The Morgan fingerprint density at radius 3 is 2.62 bits per heavy atom. The van der Waals surface area contributed by atoms with Gasteiger partial charge in [-0.1, -0.05) is 0 Å². The van der Waals surface area contributed by atoms with Crippen LogP contribution in [0.15, 0.2) is 0 Å². The number of aryl methyl sites for hydroxylation is 1. The Kier molecular flexibility index (Phi) is 2.44. The summed E-state index contributed by atoms with van der Waals surface area (Å²) in [6, 6.07) is 1.77. The van der Waals surface area contributed by atoms with Crippen molar-refractivity contribution in [3.05, 3.63) is 11.6 Å². The third kappa shape index (κ3) is 1.55. The molecular formula is C11H18N4O. The van der Waals surface area contributed by atoms with Gasteiger partial charge in [0.25, 0.3) is 0 Å². The van der Waals surface area contributed by atoms with Crippen LogP contribution in [0.4, 0.5) is 0 Å². The summed E-state index contributed by atoms with van der Waals surface area (Å²) in [7, 11) is 0. The largest absolute Gasteiger partial charge is 0.388 e. The maximum absolute atomic E-state index is 9.27. The van der Waals surface area contributed by atoms with Gasteiger partial charge in [-0.25, -0.2) is 0 Å². The molecule has 2 aliphatic rings. The lowest BCUT2D eigenvalue weighted by Gasteiger charge is -2.31. The van der Waals surface area contributed by atoms with Crippen LogP contribution in [0.1, 0.15) is 43.4 Å². The quantitative estimate of drug-likeness (QED) is 0.766. The molecule has 2 fully saturated rings. The first-order valence-electron chi connectivity index (χ1n) is 6.05. The van der Waals surface area contributed by atoms with E-state index in [1.54, 1.807) is 0 Å². The van der Waals surface area contributed by atoms with Crippen LogP contribution in [-0.2, 0) is 6.61 Å². The minimum atomic E-state index is -0.0138. The molecule has 1 aromatic heterocycles. The van der Waals surface area contributed by atoms with Gasteiger partial charge in [0.2, 0.25) is 0 Å². The Hall–Kier alpha value is -0.940. The number of piperidine rings is 1. The van der Waals surface area contributed by atoms with E-state index in [2.05, 4.69) is 20.1 Å². The molecule has 1 aromatic rings. The molecule has 2 bridgehead atoms. The van der Waals surface area contributed by atoms with Gasteiger partial charge in [-0.2, -0.15) is 0 Å². The van der Waals surface area contributed by atoms with Crippen molar-refractivity contribution in [3.63, 3.8) is 0 Å². The van der Waals surface area contributed by atoms with Crippen molar-refractivity contribution in [1.29, 1.82) is 0 Å². The van der Waals surface area contributed by atoms with E-state index in [1.807, 2.05) is 6.92 Å². The van der Waals surface area contributed by atoms with Gasteiger partial charge < -0.3 is 15.0 Å². The van der Waals surface area contributed by atoms with Crippen molar-refractivity contribution in [1.82, 2.24) is 20.1 Å². The third-order valence-electron chi connectivity index (χ3n) is 3.89. The van der Waals surface area contributed by atoms with Crippen molar-refractivity contribution < 1.29 is 5.11 Å². The summed E-state index contributed by atoms with van der Waals surface area (Å²) in [6.07, 6.45) is 4.86. The maximum atomic E-state index is 9.27. The molecule has 5 heteroatoms. The summed E-state index contributed by atoms with van der Waals surface area (Å²) < 4.78 is 2.13. The van der Waals surface area contributed by atoms with E-state index in [9.17, 15) is 5.11 Å². The fraction of sp³-hybridized carbons (Fsp3) is 0.818. The zero-order chi connectivity index (χ0) is 11.1. The van der Waals surface area contributed by atoms with Gasteiger partial charge in [0.05, 0.1) is 0 Å². The normalized spacial score (nSPS) is 33.2. The van der Waals surface area contributed by atoms with Crippen LogP contribution < -0.4 is 5.32 Å². The van der Waals surface area contributed by atoms with Crippen LogP contribution >= 0.6 is 0 Å². The minimum Gasteiger partial charge on any atom is -0.388 e. The van der Waals surface area contributed by atoms with E-state index in [0.29, 0.717) is 23.9 Å². The molecule has 0 spiro atoms. The monoisotopic (exact) mass is 222 g/mol. The van der Waals surface area contributed by atoms with Crippen LogP contribution in [0.5, 0.6) is 0 Å². The number of rotatable bonds is 2. The van der Waals surface area contributed by atoms with E-state index in [1.165, 1.54) is 12.8 Å². The van der Waals surface area contributed by atoms with Gasteiger partial charge in [0.1, 0.15) is 12.4 Å². The Bertz CT molecular complexity index is 377. The number of hydrogen-bond acceptors (Lipinski definition) is 4. The van der Waals surface area contributed by atoms with E-state index >= 15 is 0 Å². The molecule has 0 radical (unpaired) electrons. The fourth-order valence-electron chi connectivity index (χ4n) is 3.23. The first-order valence-corrected chi connectivity index (χ1v) is 6.05. The number of aliphatic hydroxyl groups excluding tert-OH is 1. The summed E-state index contributed by atoms with van der Waals surface area (Å²) in [5.74, 6) is 1.64. The zero-order valence-electron chi connectivity index (χ0n) is 9.56. The zero-order valence-corrected chi connectivity index (χ0v) is 9.56. The molecule has 5 nitrogen and oxygen atoms in total. The van der Waals surface area contributed by atoms with Crippen molar-refractivity contribution in [2.45, 2.75) is 57.3 Å². The number of aliphatic hydroxyl groups is 1. The topological polar surface area (TPSA) is 63.0 Å². The second kappa shape index (κ2) is 3.82. The SMILES string of the molecule is Cc1nnc(CO)n1C1CC2CCC(C1)N2. The van der Waals surface area contributed by atoms with Crippen molar-refractivity contribution in [2.24, 2.45) is 0 Å². The third-order valence-corrected chi connectivity index (χ3v) is 3.89. The summed E-state index contributed by atoms with van der Waals surface area (Å²) >= 11 is 0. The summed E-state index contributed by atoms with van der Waals surface area (Å²) in [6.45, 7) is 1.95. The van der Waals surface area contributed by atoms with Crippen LogP contribution in [0.3, 0.4) is 0 Å². The number of nitrogens with one attached hydrogen (secondary N) is 1. The number of fused-ring (bicyclic) bond motifs is 2. The molecule has 3 heterocycles. The number of nitrogens with zero attached hydrogens (tertiary/aromatic N) is 3. The molecule has 0 saturated carbocycles. The van der Waals surface area contributed by atoms with E-state index in [4.69, 9.17) is 0 Å². The second-order valence-corrected chi connectivity index (χ2v) is 4.95. The molecule has 88 valence electrons. The highest BCUT2D eigenvalue weighted by Gasteiger charge is 2.35. The molecular weight excluding hydrogens is 204 g/mol. The average Bonchev–Trinajstić information content (AvgIpc) is 2.82. The van der Waals surface area contributed by atoms with E-state index in [-0.39, 0.29) is 6.61 Å². The highest BCUT2D eigenvalue weighted by molar-refractivity contribution is 5.02. The smallest absolute Gasteiger partial charge is 0.159 e. The fourth-order valence-corrected chi connectivity index (χ4v) is 3.23. The van der Waals surface area contributed by atoms with Gasteiger partial charge in [-0.05, 0) is 32.6 Å². The summed E-state index contributed by atoms with van der Waals surface area (Å²) in [5.41, 5.74) is 0. The summed E-state index contributed by atoms with van der Waals surface area (Å²) in [5, 5.41) is 21.0. The highest BCUT2D eigenvalue weighted by atomic mass is 16.3. The Labute approximate surface area is 94.9 Å². The predicted octanol–water partition coefficient (Wildman–Crippen LogP) is 0.534. The lowest BCUT2D eigenvalue weighted by atomic mass is 9.99. The molecule has 2 aliphatic heterocycles. The molecule has 2 N–H and O–H groups in total. The Morgan fingerprint density at radius 2 is 2.00 bits per heavy atom. The van der Waals surface area contributed by atoms with Gasteiger partial charge in [0.15, 0.2) is 5.82 Å². The van der Waals surface area contributed by atoms with E-state index < -0.39 is 0 Å². The standard InChI is InChI=1S/C11H18N4O/c1-7-13-14-11(6-16)15(7)10-4-8-2-3-9(5-10)12-8/h8-10,12,16H,2-6H2,1H3. The predicted molar refractivity (Wildman–Crippen MR) is 58.9 cm³/mol. The first kappa shape index (κ1) is 10.2. The molecule has 0 aliphatic carbocycles. The number of aromatic nitrogens is 3. The highest BCUT2D eigenvalue weighted by Crippen LogP contribution is 2.34. The van der Waals surface area contributed by atoms with Crippen LogP contribution in [0.25, 0.3) is 0 Å². The molecule has 0 aromatic carbocycles. The molecule has 2 saturated heterocycles. The second-order valence-electron chi connectivity index (χ2n) is 4.95. The van der Waals surface area contributed by atoms with Crippen molar-refractivity contribution in [3.8, 4) is 0 Å². The van der Waals surface area contributed by atoms with Crippen LogP contribution in [0.2, 0.25) is 0 Å². The Morgan fingerprint density at radius 1 is 1.31 bits per heavy atom. The average molecular weight is 222 g/mol. The molecule has 3 rings (SSSR count). The molecule has 16 heavy (non-hydrogen) atoms. The van der Waals surface area contributed by atoms with Gasteiger partial charge in [0, 0.05) is 18.1 Å². The first-order chi connectivity index (χ1) is 7.78. The van der Waals surface area contributed by atoms with Crippen LogP contribution in [0, 0.1) is 6.92 Å². The van der Waals surface area contributed by atoms with Crippen molar-refractivity contribution >= 4 is 0 Å². The van der Waals surface area contributed by atoms with Gasteiger partial charge in [-0.15, -0.1) is 10.2 Å². The molecule has 0 amide bonds. The lowest BCUT2D eigenvalue weighted by molar-refractivity contribution is 0.240. The lowest BCUT2D eigenvalue weighted by Crippen LogP contribution is -2.39. The Balaban J connectivity index is 1.88. The number of hydrogen-bond donors (Lipinski definition) is 2. The molecule has 2 atom stereocenters. The minimum absolute atomic E-state index is 0.0138. The summed E-state index contributed by atoms with van der Waals surface area (Å²) in [4.78, 5) is 0. The maximum Gasteiger partial charge on any atom is 0.159 e. The van der Waals surface area contributed by atoms with Gasteiger partial charge >= 0.3 is 0 Å².